The first-order valence-electron chi connectivity index (χ1n) is 10.5. The number of fused-ring (bicyclic) bond motifs is 1. The van der Waals surface area contributed by atoms with E-state index in [2.05, 4.69) is 25.3 Å². The van der Waals surface area contributed by atoms with Crippen LogP contribution in [0, 0.1) is 12.7 Å². The Morgan fingerprint density at radius 1 is 1.06 bits per heavy atom. The van der Waals surface area contributed by atoms with Gasteiger partial charge in [-0.3, -0.25) is 14.8 Å². The van der Waals surface area contributed by atoms with Crippen LogP contribution in [0.25, 0.3) is 11.4 Å². The largest absolute Gasteiger partial charge is 0.337 e. The molecule has 0 atom stereocenters. The number of amides is 1. The van der Waals surface area contributed by atoms with Crippen molar-refractivity contribution in [3.05, 3.63) is 89.6 Å². The highest BCUT2D eigenvalue weighted by atomic mass is 19.1. The first-order valence-corrected chi connectivity index (χ1v) is 10.5. The number of pyridine rings is 1. The van der Waals surface area contributed by atoms with Crippen molar-refractivity contribution in [2.45, 2.75) is 19.9 Å². The molecular formula is C24H20FN7O. The van der Waals surface area contributed by atoms with Gasteiger partial charge in [-0.05, 0) is 31.2 Å². The molecule has 1 aliphatic rings. The monoisotopic (exact) mass is 441 g/mol. The van der Waals surface area contributed by atoms with Crippen molar-refractivity contribution < 1.29 is 9.18 Å². The molecule has 4 aromatic rings. The number of nitrogens with zero attached hydrogens (tertiary/aromatic N) is 6. The highest BCUT2D eigenvalue weighted by Gasteiger charge is 2.27. The standard InChI is InChI=1S/C24H20FN7O/c1-15-12-28-21(13-27-15)24(33)32-11-8-19-17(14-32)23(30-20-5-3-2-4-18(20)25)31-22(29-19)16-6-9-26-10-7-16/h2-7,9-10,12-13H,8,11,14H2,1H3,(H,29,30,31). The normalized spacial score (nSPS) is 12.8. The Hall–Kier alpha value is -4.27. The van der Waals surface area contributed by atoms with Crippen LogP contribution in [0.5, 0.6) is 0 Å². The Balaban J connectivity index is 1.53. The third kappa shape index (κ3) is 4.25. The van der Waals surface area contributed by atoms with Gasteiger partial charge < -0.3 is 10.2 Å². The quantitative estimate of drug-likeness (QED) is 0.516. The second-order valence-corrected chi connectivity index (χ2v) is 7.68. The molecule has 0 unspecified atom stereocenters. The number of aromatic nitrogens is 5. The summed E-state index contributed by atoms with van der Waals surface area (Å²) in [5, 5.41) is 3.11. The molecule has 164 valence electrons. The molecule has 8 nitrogen and oxygen atoms in total. The molecule has 0 saturated carbocycles. The van der Waals surface area contributed by atoms with Crippen LogP contribution in [-0.4, -0.2) is 42.3 Å². The first-order chi connectivity index (χ1) is 16.1. The third-order valence-electron chi connectivity index (χ3n) is 5.41. The minimum absolute atomic E-state index is 0.219. The Morgan fingerprint density at radius 2 is 1.88 bits per heavy atom. The minimum atomic E-state index is -0.394. The van der Waals surface area contributed by atoms with Gasteiger partial charge in [-0.1, -0.05) is 12.1 Å². The van der Waals surface area contributed by atoms with Gasteiger partial charge in [0.05, 0.1) is 29.8 Å². The maximum absolute atomic E-state index is 14.4. The number of halogens is 1. The number of carbonyl (C=O) groups excluding carboxylic acids is 1. The third-order valence-corrected chi connectivity index (χ3v) is 5.41. The summed E-state index contributed by atoms with van der Waals surface area (Å²) in [5.41, 5.74) is 3.68. The lowest BCUT2D eigenvalue weighted by Gasteiger charge is -2.29. The molecule has 0 spiro atoms. The van der Waals surface area contributed by atoms with E-state index < -0.39 is 5.82 Å². The summed E-state index contributed by atoms with van der Waals surface area (Å²) in [4.78, 5) is 36.6. The number of anilines is 2. The van der Waals surface area contributed by atoms with Crippen molar-refractivity contribution in [3.63, 3.8) is 0 Å². The van der Waals surface area contributed by atoms with E-state index >= 15 is 0 Å². The van der Waals surface area contributed by atoms with E-state index in [1.165, 1.54) is 12.3 Å². The minimum Gasteiger partial charge on any atom is -0.337 e. The lowest BCUT2D eigenvalue weighted by Crippen LogP contribution is -2.37. The van der Waals surface area contributed by atoms with E-state index in [-0.39, 0.29) is 18.1 Å². The molecule has 5 rings (SSSR count). The molecular weight excluding hydrogens is 421 g/mol. The number of carbonyl (C=O) groups is 1. The fourth-order valence-corrected chi connectivity index (χ4v) is 3.68. The van der Waals surface area contributed by atoms with E-state index in [1.807, 2.05) is 19.1 Å². The zero-order valence-corrected chi connectivity index (χ0v) is 17.9. The highest BCUT2D eigenvalue weighted by Crippen LogP contribution is 2.30. The predicted octanol–water partition coefficient (Wildman–Crippen LogP) is 3.72. The zero-order chi connectivity index (χ0) is 22.8. The van der Waals surface area contributed by atoms with Gasteiger partial charge in [-0.25, -0.2) is 19.3 Å². The summed E-state index contributed by atoms with van der Waals surface area (Å²) in [5.74, 6) is 0.362. The first kappa shape index (κ1) is 20.6. The number of para-hydroxylation sites is 1. The van der Waals surface area contributed by atoms with Crippen LogP contribution in [0.3, 0.4) is 0 Å². The van der Waals surface area contributed by atoms with Crippen LogP contribution >= 0.6 is 0 Å². The van der Waals surface area contributed by atoms with Crippen molar-refractivity contribution >= 4 is 17.4 Å². The number of rotatable bonds is 4. The van der Waals surface area contributed by atoms with Crippen molar-refractivity contribution in [3.8, 4) is 11.4 Å². The second kappa shape index (κ2) is 8.70. The van der Waals surface area contributed by atoms with Gasteiger partial charge in [0, 0.05) is 42.7 Å². The van der Waals surface area contributed by atoms with Crippen LogP contribution in [0.2, 0.25) is 0 Å². The van der Waals surface area contributed by atoms with E-state index in [4.69, 9.17) is 4.98 Å². The summed E-state index contributed by atoms with van der Waals surface area (Å²) in [6.07, 6.45) is 6.93. The Labute approximate surface area is 189 Å². The van der Waals surface area contributed by atoms with Crippen molar-refractivity contribution in [1.82, 2.24) is 29.8 Å². The van der Waals surface area contributed by atoms with Crippen molar-refractivity contribution in [2.24, 2.45) is 0 Å². The average molecular weight is 441 g/mol. The molecule has 1 aromatic carbocycles. The van der Waals surface area contributed by atoms with Gasteiger partial charge in [-0.15, -0.1) is 0 Å². The topological polar surface area (TPSA) is 96.8 Å². The molecule has 4 heterocycles. The number of hydrogen-bond acceptors (Lipinski definition) is 7. The average Bonchev–Trinajstić information content (AvgIpc) is 2.85. The van der Waals surface area contributed by atoms with Gasteiger partial charge in [0.15, 0.2) is 5.82 Å². The molecule has 33 heavy (non-hydrogen) atoms. The van der Waals surface area contributed by atoms with Gasteiger partial charge in [0.25, 0.3) is 5.91 Å². The van der Waals surface area contributed by atoms with Crippen LogP contribution < -0.4 is 5.32 Å². The number of nitrogens with one attached hydrogen (secondary N) is 1. The predicted molar refractivity (Wildman–Crippen MR) is 120 cm³/mol. The van der Waals surface area contributed by atoms with Crippen LogP contribution in [0.4, 0.5) is 15.9 Å². The summed E-state index contributed by atoms with van der Waals surface area (Å²) in [6.45, 7) is 2.57. The molecule has 0 aliphatic carbocycles. The zero-order valence-electron chi connectivity index (χ0n) is 17.9. The Kier molecular flexibility index (Phi) is 5.43. The molecule has 0 fully saturated rings. The molecule has 1 aliphatic heterocycles. The molecule has 0 saturated heterocycles. The van der Waals surface area contributed by atoms with Crippen LogP contribution in [0.15, 0.2) is 61.2 Å². The molecule has 0 bridgehead atoms. The number of benzene rings is 1. The van der Waals surface area contributed by atoms with Crippen LogP contribution in [0.1, 0.15) is 27.4 Å². The number of aryl methyl sites for hydroxylation is 1. The van der Waals surface area contributed by atoms with E-state index in [1.54, 1.807) is 41.7 Å². The maximum atomic E-state index is 14.4. The van der Waals surface area contributed by atoms with Crippen LogP contribution in [-0.2, 0) is 13.0 Å². The van der Waals surface area contributed by atoms with Crippen molar-refractivity contribution in [2.75, 3.05) is 11.9 Å². The number of hydrogen-bond donors (Lipinski definition) is 1. The molecule has 3 aromatic heterocycles. The summed E-state index contributed by atoms with van der Waals surface area (Å²) < 4.78 is 14.4. The van der Waals surface area contributed by atoms with E-state index in [9.17, 15) is 9.18 Å². The van der Waals surface area contributed by atoms with Gasteiger partial charge in [0.2, 0.25) is 0 Å². The molecule has 1 amide bonds. The lowest BCUT2D eigenvalue weighted by atomic mass is 10.0. The summed E-state index contributed by atoms with van der Waals surface area (Å²) >= 11 is 0. The molecule has 9 heteroatoms. The van der Waals surface area contributed by atoms with Gasteiger partial charge in [-0.2, -0.15) is 0 Å². The van der Waals surface area contributed by atoms with Gasteiger partial charge >= 0.3 is 0 Å². The lowest BCUT2D eigenvalue weighted by molar-refractivity contribution is 0.0727. The van der Waals surface area contributed by atoms with E-state index in [0.29, 0.717) is 30.3 Å². The summed E-state index contributed by atoms with van der Waals surface area (Å²) in [7, 11) is 0. The Bertz CT molecular complexity index is 1310. The highest BCUT2D eigenvalue weighted by molar-refractivity contribution is 5.92. The van der Waals surface area contributed by atoms with E-state index in [0.717, 1.165) is 22.5 Å². The second-order valence-electron chi connectivity index (χ2n) is 7.68. The summed E-state index contributed by atoms with van der Waals surface area (Å²) in [6, 6.07) is 10.0. The molecule has 0 radical (unpaired) electrons. The smallest absolute Gasteiger partial charge is 0.274 e. The SMILES string of the molecule is Cc1cnc(C(=O)N2CCc3nc(-c4ccncc4)nc(Nc4ccccc4F)c3C2)cn1. The Morgan fingerprint density at radius 3 is 2.64 bits per heavy atom. The fraction of sp³-hybridized carbons (Fsp3) is 0.167. The fourth-order valence-electron chi connectivity index (χ4n) is 3.68. The van der Waals surface area contributed by atoms with Gasteiger partial charge in [0.1, 0.15) is 17.3 Å². The molecule has 1 N–H and O–H groups in total. The maximum Gasteiger partial charge on any atom is 0.274 e. The van der Waals surface area contributed by atoms with Crippen molar-refractivity contribution in [1.29, 1.82) is 0 Å².